The lowest BCUT2D eigenvalue weighted by Gasteiger charge is -2.07. The molecule has 0 bridgehead atoms. The summed E-state index contributed by atoms with van der Waals surface area (Å²) in [6, 6.07) is 6.79. The van der Waals surface area contributed by atoms with E-state index >= 15 is 0 Å². The van der Waals surface area contributed by atoms with Gasteiger partial charge in [0.2, 0.25) is 11.7 Å². The number of hydrogen-bond acceptors (Lipinski definition) is 5. The summed E-state index contributed by atoms with van der Waals surface area (Å²) < 4.78 is 5.34. The topological polar surface area (TPSA) is 71.2 Å². The van der Waals surface area contributed by atoms with Gasteiger partial charge in [-0.1, -0.05) is 12.1 Å². The van der Waals surface area contributed by atoms with Crippen LogP contribution in [-0.4, -0.2) is 28.3 Å². The Kier molecular flexibility index (Phi) is 2.76. The predicted molar refractivity (Wildman–Crippen MR) is 66.2 cm³/mol. The van der Waals surface area contributed by atoms with Crippen molar-refractivity contribution in [3.63, 3.8) is 0 Å². The minimum Gasteiger partial charge on any atom is -0.508 e. The minimum absolute atomic E-state index is 0.232. The smallest absolute Gasteiger partial charge is 0.231 e. The van der Waals surface area contributed by atoms with Gasteiger partial charge < -0.3 is 14.9 Å². The van der Waals surface area contributed by atoms with E-state index in [1.165, 1.54) is 0 Å². The Hall–Kier alpha value is -1.88. The third-order valence-electron chi connectivity index (χ3n) is 3.40. The summed E-state index contributed by atoms with van der Waals surface area (Å²) in [5.41, 5.74) is 0.849. The molecule has 94 valence electrons. The van der Waals surface area contributed by atoms with E-state index < -0.39 is 0 Å². The van der Waals surface area contributed by atoms with Crippen molar-refractivity contribution in [3.05, 3.63) is 30.2 Å². The lowest BCUT2D eigenvalue weighted by molar-refractivity contribution is 0.340. The molecule has 1 saturated heterocycles. The Morgan fingerprint density at radius 2 is 2.06 bits per heavy atom. The van der Waals surface area contributed by atoms with Crippen molar-refractivity contribution < 1.29 is 9.63 Å². The van der Waals surface area contributed by atoms with Crippen LogP contribution in [0, 0.1) is 5.92 Å². The summed E-state index contributed by atoms with van der Waals surface area (Å²) in [7, 11) is 0. The molecule has 5 nitrogen and oxygen atoms in total. The van der Waals surface area contributed by atoms with Crippen molar-refractivity contribution in [2.75, 3.05) is 13.1 Å². The molecule has 1 aromatic carbocycles. The normalized spacial score (nSPS) is 23.4. The van der Waals surface area contributed by atoms with E-state index in [-0.39, 0.29) is 5.75 Å². The fourth-order valence-corrected chi connectivity index (χ4v) is 2.25. The first kappa shape index (κ1) is 11.2. The zero-order valence-corrected chi connectivity index (χ0v) is 10.1. The molecule has 0 radical (unpaired) electrons. The number of phenols is 1. The lowest BCUT2D eigenvalue weighted by Crippen LogP contribution is -2.08. The molecule has 2 aromatic rings. The molecule has 0 unspecified atom stereocenters. The van der Waals surface area contributed by atoms with Crippen LogP contribution in [0.5, 0.6) is 5.75 Å². The number of phenolic OH excluding ortho intramolecular Hbond substituents is 1. The molecule has 1 aliphatic rings. The van der Waals surface area contributed by atoms with E-state index in [2.05, 4.69) is 22.4 Å². The molecule has 2 heterocycles. The van der Waals surface area contributed by atoms with Gasteiger partial charge in [0.25, 0.3) is 0 Å². The second-order valence-corrected chi connectivity index (χ2v) is 4.75. The van der Waals surface area contributed by atoms with Crippen LogP contribution >= 0.6 is 0 Å². The summed E-state index contributed by atoms with van der Waals surface area (Å²) in [6.07, 6.45) is 0. The van der Waals surface area contributed by atoms with Gasteiger partial charge in [0.15, 0.2) is 0 Å². The first-order chi connectivity index (χ1) is 8.74. The van der Waals surface area contributed by atoms with Crippen molar-refractivity contribution in [3.8, 4) is 17.1 Å². The van der Waals surface area contributed by atoms with Crippen molar-refractivity contribution in [2.24, 2.45) is 5.92 Å². The van der Waals surface area contributed by atoms with Crippen LogP contribution in [0.1, 0.15) is 18.7 Å². The van der Waals surface area contributed by atoms with E-state index in [9.17, 15) is 5.11 Å². The molecular weight excluding hydrogens is 230 g/mol. The average Bonchev–Trinajstić information content (AvgIpc) is 2.98. The second-order valence-electron chi connectivity index (χ2n) is 4.75. The van der Waals surface area contributed by atoms with Crippen LogP contribution in [0.25, 0.3) is 11.4 Å². The van der Waals surface area contributed by atoms with Crippen LogP contribution in [0.2, 0.25) is 0 Å². The molecule has 1 fully saturated rings. The fourth-order valence-electron chi connectivity index (χ4n) is 2.25. The molecular formula is C13H15N3O2. The monoisotopic (exact) mass is 245 g/mol. The van der Waals surface area contributed by atoms with Gasteiger partial charge in [0.1, 0.15) is 5.75 Å². The van der Waals surface area contributed by atoms with Gasteiger partial charge in [-0.3, -0.25) is 0 Å². The molecule has 1 aliphatic heterocycles. The Morgan fingerprint density at radius 1 is 1.28 bits per heavy atom. The third kappa shape index (κ3) is 1.97. The fraction of sp³-hybridized carbons (Fsp3) is 0.385. The Morgan fingerprint density at radius 3 is 2.72 bits per heavy atom. The number of rotatable bonds is 2. The molecule has 3 rings (SSSR count). The molecule has 0 spiro atoms. The van der Waals surface area contributed by atoms with Gasteiger partial charge in [-0.15, -0.1) is 0 Å². The molecule has 0 saturated carbocycles. The number of nitrogens with one attached hydrogen (secondary N) is 1. The summed E-state index contributed by atoms with van der Waals surface area (Å²) in [6.45, 7) is 4.05. The Balaban J connectivity index is 1.87. The highest BCUT2D eigenvalue weighted by atomic mass is 16.5. The van der Waals surface area contributed by atoms with Crippen molar-refractivity contribution in [2.45, 2.75) is 12.8 Å². The minimum atomic E-state index is 0.232. The molecule has 18 heavy (non-hydrogen) atoms. The number of nitrogens with zero attached hydrogens (tertiary/aromatic N) is 2. The predicted octanol–water partition coefficient (Wildman–Crippen LogP) is 1.77. The van der Waals surface area contributed by atoms with Crippen LogP contribution < -0.4 is 5.32 Å². The maximum atomic E-state index is 9.24. The quantitative estimate of drug-likeness (QED) is 0.843. The largest absolute Gasteiger partial charge is 0.508 e. The zero-order valence-electron chi connectivity index (χ0n) is 10.1. The maximum absolute atomic E-state index is 9.24. The lowest BCUT2D eigenvalue weighted by atomic mass is 9.98. The molecule has 0 amide bonds. The number of benzene rings is 1. The second kappa shape index (κ2) is 4.42. The zero-order chi connectivity index (χ0) is 12.5. The maximum Gasteiger partial charge on any atom is 0.231 e. The average molecular weight is 245 g/mol. The van der Waals surface area contributed by atoms with Crippen molar-refractivity contribution >= 4 is 0 Å². The van der Waals surface area contributed by atoms with E-state index in [1.807, 2.05) is 0 Å². The van der Waals surface area contributed by atoms with Gasteiger partial charge in [0.05, 0.1) is 5.92 Å². The number of aromatic nitrogens is 2. The van der Waals surface area contributed by atoms with E-state index in [1.54, 1.807) is 24.3 Å². The highest BCUT2D eigenvalue weighted by molar-refractivity contribution is 5.55. The van der Waals surface area contributed by atoms with Gasteiger partial charge in [-0.05, 0) is 36.7 Å². The molecule has 2 N–H and O–H groups in total. The number of aromatic hydroxyl groups is 1. The van der Waals surface area contributed by atoms with Crippen molar-refractivity contribution in [1.29, 1.82) is 0 Å². The number of hydrogen-bond donors (Lipinski definition) is 2. The summed E-state index contributed by atoms with van der Waals surface area (Å²) in [5.74, 6) is 2.30. The van der Waals surface area contributed by atoms with E-state index in [4.69, 9.17) is 4.52 Å². The highest BCUT2D eigenvalue weighted by Crippen LogP contribution is 2.28. The van der Waals surface area contributed by atoms with Gasteiger partial charge in [-0.2, -0.15) is 4.98 Å². The molecule has 1 aromatic heterocycles. The van der Waals surface area contributed by atoms with Gasteiger partial charge in [0, 0.05) is 12.1 Å². The van der Waals surface area contributed by atoms with Gasteiger partial charge >= 0.3 is 0 Å². The molecule has 5 heteroatoms. The Labute approximate surface area is 105 Å². The standard InChI is InChI=1S/C13H15N3O2/c1-8-6-14-7-11(8)13-15-12(16-18-13)9-2-4-10(17)5-3-9/h2-5,8,11,14,17H,6-7H2,1H3/t8-,11-/m1/s1. The van der Waals surface area contributed by atoms with E-state index in [0.717, 1.165) is 18.7 Å². The summed E-state index contributed by atoms with van der Waals surface area (Å²) in [4.78, 5) is 4.44. The van der Waals surface area contributed by atoms with Crippen LogP contribution in [0.15, 0.2) is 28.8 Å². The van der Waals surface area contributed by atoms with E-state index in [0.29, 0.717) is 23.6 Å². The Bertz CT molecular complexity index is 535. The highest BCUT2D eigenvalue weighted by Gasteiger charge is 2.29. The van der Waals surface area contributed by atoms with Gasteiger partial charge in [-0.25, -0.2) is 0 Å². The van der Waals surface area contributed by atoms with Crippen molar-refractivity contribution in [1.82, 2.24) is 15.5 Å². The van der Waals surface area contributed by atoms with Crippen LogP contribution in [0.4, 0.5) is 0 Å². The first-order valence-electron chi connectivity index (χ1n) is 6.08. The SMILES string of the molecule is C[C@@H]1CNC[C@H]1c1nc(-c2ccc(O)cc2)no1. The molecule has 0 aliphatic carbocycles. The van der Waals surface area contributed by atoms with Crippen LogP contribution in [0.3, 0.4) is 0 Å². The third-order valence-corrected chi connectivity index (χ3v) is 3.40. The first-order valence-corrected chi connectivity index (χ1v) is 6.08. The summed E-state index contributed by atoms with van der Waals surface area (Å²) >= 11 is 0. The molecule has 2 atom stereocenters. The summed E-state index contributed by atoms with van der Waals surface area (Å²) in [5, 5.41) is 16.6. The van der Waals surface area contributed by atoms with Crippen LogP contribution in [-0.2, 0) is 0 Å².